The van der Waals surface area contributed by atoms with E-state index in [1.807, 2.05) is 29.2 Å². The summed E-state index contributed by atoms with van der Waals surface area (Å²) in [6.07, 6.45) is 3.60. The summed E-state index contributed by atoms with van der Waals surface area (Å²) in [4.78, 5) is 25.0. The summed E-state index contributed by atoms with van der Waals surface area (Å²) in [7, 11) is -1.19. The van der Waals surface area contributed by atoms with E-state index in [0.29, 0.717) is 6.54 Å². The molecule has 23 heavy (non-hydrogen) atoms. The Morgan fingerprint density at radius 2 is 1.87 bits per heavy atom. The minimum atomic E-state index is -1.19. The average Bonchev–Trinajstić information content (AvgIpc) is 2.52. The molecule has 2 amide bonds. The van der Waals surface area contributed by atoms with Crippen LogP contribution in [0.25, 0.3) is 0 Å². The Bertz CT molecular complexity index is 553. The van der Waals surface area contributed by atoms with Gasteiger partial charge in [-0.05, 0) is 0 Å². The van der Waals surface area contributed by atoms with Crippen LogP contribution in [0.15, 0.2) is 36.9 Å². The molecule has 1 aromatic carbocycles. The maximum atomic E-state index is 11.9. The van der Waals surface area contributed by atoms with Crippen molar-refractivity contribution in [2.75, 3.05) is 37.5 Å². The van der Waals surface area contributed by atoms with Gasteiger partial charge in [-0.1, -0.05) is 0 Å². The zero-order valence-electron chi connectivity index (χ0n) is 14.7. The molecule has 1 N–H and O–H groups in total. The van der Waals surface area contributed by atoms with Gasteiger partial charge < -0.3 is 0 Å². The van der Waals surface area contributed by atoms with E-state index in [1.54, 1.807) is 6.92 Å². The predicted octanol–water partition coefficient (Wildman–Crippen LogP) is 3.19. The van der Waals surface area contributed by atoms with Gasteiger partial charge in [0, 0.05) is 0 Å². The van der Waals surface area contributed by atoms with Crippen LogP contribution in [-0.2, 0) is 16.1 Å². The van der Waals surface area contributed by atoms with Gasteiger partial charge in [0.15, 0.2) is 0 Å². The normalized spacial score (nSPS) is 11.7. The maximum absolute atomic E-state index is 11.9. The molecule has 0 atom stereocenters. The summed E-state index contributed by atoms with van der Waals surface area (Å²) in [5.74, 6) is -0.121. The van der Waals surface area contributed by atoms with Crippen LogP contribution >= 0.6 is 7.26 Å². The fourth-order valence-electron chi connectivity index (χ4n) is 2.07. The summed E-state index contributed by atoms with van der Waals surface area (Å²) in [6.45, 7) is 13.4. The fourth-order valence-corrected chi connectivity index (χ4v) is 3.30. The average molecular weight is 336 g/mol. The van der Waals surface area contributed by atoms with Crippen LogP contribution in [0.2, 0.25) is 0 Å². The second-order valence-electron chi connectivity index (χ2n) is 6.60. The molecule has 0 radical (unpaired) electrons. The Hall–Kier alpha value is -1.67. The van der Waals surface area contributed by atoms with Crippen molar-refractivity contribution in [3.63, 3.8) is 0 Å². The van der Waals surface area contributed by atoms with Gasteiger partial charge in [0.25, 0.3) is 0 Å². The van der Waals surface area contributed by atoms with E-state index in [0.717, 1.165) is 24.0 Å². The van der Waals surface area contributed by atoms with Gasteiger partial charge in [0.2, 0.25) is 0 Å². The minimum absolute atomic E-state index is 0.106. The molecule has 5 heteroatoms. The van der Waals surface area contributed by atoms with E-state index < -0.39 is 7.26 Å². The molecule has 1 aromatic rings. The third-order valence-electron chi connectivity index (χ3n) is 4.24. The number of anilines is 1. The first-order valence-electron chi connectivity index (χ1n) is 8.05. The Kier molecular flexibility index (Phi) is 7.44. The van der Waals surface area contributed by atoms with Crippen LogP contribution in [-0.4, -0.2) is 48.9 Å². The molecule has 0 heterocycles. The predicted molar refractivity (Wildman–Crippen MR) is 102 cm³/mol. The number of hydrogen-bond acceptors (Lipinski definition) is 2. The van der Waals surface area contributed by atoms with Crippen molar-refractivity contribution in [3.05, 3.63) is 42.5 Å². The van der Waals surface area contributed by atoms with Crippen LogP contribution in [0.4, 0.5) is 5.69 Å². The van der Waals surface area contributed by atoms with Crippen molar-refractivity contribution < 1.29 is 9.59 Å². The van der Waals surface area contributed by atoms with Crippen molar-refractivity contribution in [3.8, 4) is 0 Å². The molecule has 0 unspecified atom stereocenters. The van der Waals surface area contributed by atoms with Gasteiger partial charge in [-0.3, -0.25) is 0 Å². The van der Waals surface area contributed by atoms with E-state index in [1.165, 1.54) is 12.2 Å². The van der Waals surface area contributed by atoms with Gasteiger partial charge in [-0.25, -0.2) is 0 Å². The molecule has 0 aliphatic heterocycles. The monoisotopic (exact) mass is 336 g/mol. The van der Waals surface area contributed by atoms with Crippen LogP contribution in [0.1, 0.15) is 19.4 Å². The summed E-state index contributed by atoms with van der Waals surface area (Å²) in [6, 6.07) is 7.58. The second-order valence-corrected chi connectivity index (χ2v) is 12.1. The fraction of sp³-hybridized carbons (Fsp3) is 0.444. The Morgan fingerprint density at radius 3 is 2.35 bits per heavy atom. The molecule has 0 aliphatic carbocycles. The number of nitrogens with one attached hydrogen (secondary N) is 1. The Balaban J connectivity index is 2.68. The van der Waals surface area contributed by atoms with E-state index in [4.69, 9.17) is 0 Å². The second kappa shape index (κ2) is 8.83. The molecule has 0 spiro atoms. The van der Waals surface area contributed by atoms with Crippen molar-refractivity contribution in [2.45, 2.75) is 20.4 Å². The van der Waals surface area contributed by atoms with Gasteiger partial charge in [0.05, 0.1) is 0 Å². The molecule has 4 nitrogen and oxygen atoms in total. The van der Waals surface area contributed by atoms with Gasteiger partial charge in [-0.15, -0.1) is 0 Å². The molecular weight excluding hydrogens is 307 g/mol. The molecular formula is C18H29N2O2P. The zero-order valence-corrected chi connectivity index (χ0v) is 15.7. The molecule has 0 saturated carbocycles. The first kappa shape index (κ1) is 19.4. The zero-order chi connectivity index (χ0) is 17.5. The number of amides is 2. The summed E-state index contributed by atoms with van der Waals surface area (Å²) < 4.78 is 0. The standard InChI is InChI=1S/C18H29N2O2P/c1-6-18(22)19-17-10-8-16(9-11-17)14-20(15(3)21)12-13-23(4,5)7-2/h6,8-11,23H,1,7,12-14H2,2-5H3,(H,19,22). The van der Waals surface area contributed by atoms with E-state index >= 15 is 0 Å². The third kappa shape index (κ3) is 6.96. The van der Waals surface area contributed by atoms with Crippen LogP contribution in [0.5, 0.6) is 0 Å². The number of hydrogen-bond donors (Lipinski definition) is 1. The number of carbonyl (C=O) groups excluding carboxylic acids is 2. The third-order valence-corrected chi connectivity index (χ3v) is 7.73. The molecule has 1 rings (SSSR count). The molecule has 0 saturated heterocycles. The van der Waals surface area contributed by atoms with E-state index in [2.05, 4.69) is 32.1 Å². The van der Waals surface area contributed by atoms with E-state index in [-0.39, 0.29) is 11.8 Å². The molecule has 0 fully saturated rings. The first-order valence-corrected chi connectivity index (χ1v) is 11.5. The topological polar surface area (TPSA) is 49.4 Å². The van der Waals surface area contributed by atoms with Gasteiger partial charge in [-0.2, -0.15) is 0 Å². The van der Waals surface area contributed by atoms with Crippen LogP contribution in [0.3, 0.4) is 0 Å². The van der Waals surface area contributed by atoms with Crippen molar-refractivity contribution >= 4 is 24.8 Å². The number of rotatable bonds is 8. The number of nitrogens with zero attached hydrogens (tertiary/aromatic N) is 1. The van der Waals surface area contributed by atoms with Crippen molar-refractivity contribution in [1.82, 2.24) is 4.90 Å². The SMILES string of the molecule is C=CC(=O)Nc1ccc(CN(CC[PH](C)(C)CC)C(C)=O)cc1. The molecule has 0 bridgehead atoms. The quantitative estimate of drug-likeness (QED) is 0.585. The summed E-state index contributed by atoms with van der Waals surface area (Å²) in [5, 5.41) is 2.72. The summed E-state index contributed by atoms with van der Waals surface area (Å²) in [5.41, 5.74) is 1.79. The molecule has 0 aromatic heterocycles. The van der Waals surface area contributed by atoms with E-state index in [9.17, 15) is 9.59 Å². The Labute approximate surface area is 140 Å². The first-order chi connectivity index (χ1) is 10.8. The number of benzene rings is 1. The summed E-state index contributed by atoms with van der Waals surface area (Å²) >= 11 is 0. The molecule has 128 valence electrons. The van der Waals surface area contributed by atoms with Gasteiger partial charge in [0.1, 0.15) is 0 Å². The van der Waals surface area contributed by atoms with Crippen molar-refractivity contribution in [2.24, 2.45) is 0 Å². The van der Waals surface area contributed by atoms with Crippen LogP contribution < -0.4 is 5.32 Å². The van der Waals surface area contributed by atoms with Gasteiger partial charge >= 0.3 is 140 Å². The molecule has 0 aliphatic rings. The number of carbonyl (C=O) groups is 2. The van der Waals surface area contributed by atoms with Crippen LogP contribution in [0, 0.1) is 0 Å². The Morgan fingerprint density at radius 1 is 1.26 bits per heavy atom. The van der Waals surface area contributed by atoms with Crippen molar-refractivity contribution in [1.29, 1.82) is 0 Å².